The zero-order chi connectivity index (χ0) is 12.7. The molecule has 5 nitrogen and oxygen atoms in total. The van der Waals surface area contributed by atoms with Crippen molar-refractivity contribution < 1.29 is 5.11 Å². The second-order valence-electron chi connectivity index (χ2n) is 4.37. The summed E-state index contributed by atoms with van der Waals surface area (Å²) in [5, 5.41) is 9.53. The fourth-order valence-corrected chi connectivity index (χ4v) is 2.22. The molecule has 0 aliphatic heterocycles. The van der Waals surface area contributed by atoms with Crippen LogP contribution in [0.3, 0.4) is 0 Å². The van der Waals surface area contributed by atoms with E-state index in [0.717, 1.165) is 11.2 Å². The maximum absolute atomic E-state index is 12.3. The van der Waals surface area contributed by atoms with Gasteiger partial charge in [0.25, 0.3) is 5.56 Å². The molecular weight excluding hydrogens is 230 g/mol. The Labute approximate surface area is 103 Å². The Bertz CT molecular complexity index is 771. The summed E-state index contributed by atoms with van der Waals surface area (Å²) in [4.78, 5) is 16.7. The second-order valence-corrected chi connectivity index (χ2v) is 4.37. The van der Waals surface area contributed by atoms with Crippen LogP contribution in [0.5, 0.6) is 0 Å². The molecule has 1 atom stereocenters. The Balaban J connectivity index is 2.49. The molecule has 3 rings (SSSR count). The Hall–Kier alpha value is -2.14. The highest BCUT2D eigenvalue weighted by Gasteiger charge is 2.11. The number of rotatable bonds is 2. The summed E-state index contributed by atoms with van der Waals surface area (Å²) in [7, 11) is 0. The van der Waals surface area contributed by atoms with Crippen molar-refractivity contribution >= 4 is 16.7 Å². The molecule has 0 amide bonds. The molecule has 0 radical (unpaired) electrons. The van der Waals surface area contributed by atoms with Gasteiger partial charge in [-0.3, -0.25) is 9.20 Å². The van der Waals surface area contributed by atoms with Crippen molar-refractivity contribution in [3.8, 4) is 0 Å². The monoisotopic (exact) mass is 243 g/mol. The van der Waals surface area contributed by atoms with E-state index in [4.69, 9.17) is 0 Å². The zero-order valence-corrected chi connectivity index (χ0v) is 9.95. The van der Waals surface area contributed by atoms with E-state index >= 15 is 0 Å². The van der Waals surface area contributed by atoms with E-state index in [1.807, 2.05) is 18.3 Å². The highest BCUT2D eigenvalue weighted by Crippen LogP contribution is 2.12. The second kappa shape index (κ2) is 3.96. The lowest BCUT2D eigenvalue weighted by molar-refractivity contribution is 0.174. The van der Waals surface area contributed by atoms with Gasteiger partial charge in [0, 0.05) is 12.4 Å². The molecule has 0 spiro atoms. The van der Waals surface area contributed by atoms with Gasteiger partial charge in [-0.25, -0.2) is 4.98 Å². The van der Waals surface area contributed by atoms with Crippen LogP contribution in [0, 0.1) is 0 Å². The first kappa shape index (κ1) is 11.0. The van der Waals surface area contributed by atoms with E-state index in [9.17, 15) is 9.90 Å². The van der Waals surface area contributed by atoms with Crippen molar-refractivity contribution in [2.75, 3.05) is 0 Å². The molecular formula is C13H13N3O2. The average Bonchev–Trinajstić information content (AvgIpc) is 2.83. The first-order valence-electron chi connectivity index (χ1n) is 5.81. The van der Waals surface area contributed by atoms with Crippen LogP contribution < -0.4 is 5.56 Å². The quantitative estimate of drug-likeness (QED) is 0.731. The van der Waals surface area contributed by atoms with Gasteiger partial charge in [-0.2, -0.15) is 0 Å². The van der Waals surface area contributed by atoms with Crippen molar-refractivity contribution in [1.82, 2.24) is 14.0 Å². The molecule has 0 fully saturated rings. The van der Waals surface area contributed by atoms with E-state index in [-0.39, 0.29) is 12.1 Å². The van der Waals surface area contributed by atoms with Crippen LogP contribution in [0.2, 0.25) is 0 Å². The topological polar surface area (TPSA) is 59.5 Å². The van der Waals surface area contributed by atoms with E-state index in [1.54, 1.807) is 34.2 Å². The summed E-state index contributed by atoms with van der Waals surface area (Å²) < 4.78 is 3.35. The van der Waals surface area contributed by atoms with E-state index < -0.39 is 6.10 Å². The van der Waals surface area contributed by atoms with Crippen LogP contribution in [0.15, 0.2) is 41.5 Å². The fourth-order valence-electron chi connectivity index (χ4n) is 2.22. The van der Waals surface area contributed by atoms with Crippen LogP contribution in [0.4, 0.5) is 0 Å². The van der Waals surface area contributed by atoms with Gasteiger partial charge < -0.3 is 9.67 Å². The number of aliphatic hydroxyl groups is 1. The normalized spacial score (nSPS) is 13.2. The number of nitrogens with zero attached hydrogens (tertiary/aromatic N) is 3. The average molecular weight is 243 g/mol. The molecule has 18 heavy (non-hydrogen) atoms. The number of pyridine rings is 1. The molecule has 92 valence electrons. The van der Waals surface area contributed by atoms with Gasteiger partial charge in [-0.1, -0.05) is 0 Å². The van der Waals surface area contributed by atoms with Gasteiger partial charge in [0.15, 0.2) is 5.65 Å². The molecule has 0 bridgehead atoms. The molecule has 0 aliphatic carbocycles. The van der Waals surface area contributed by atoms with Crippen LogP contribution in [-0.4, -0.2) is 25.2 Å². The van der Waals surface area contributed by atoms with Crippen LogP contribution >= 0.6 is 0 Å². The lowest BCUT2D eigenvalue weighted by atomic mass is 10.3. The maximum Gasteiger partial charge on any atom is 0.275 e. The van der Waals surface area contributed by atoms with Gasteiger partial charge in [0.2, 0.25) is 0 Å². The van der Waals surface area contributed by atoms with Gasteiger partial charge in [0.1, 0.15) is 5.52 Å². The third-order valence-corrected chi connectivity index (χ3v) is 2.94. The summed E-state index contributed by atoms with van der Waals surface area (Å²) in [5.41, 5.74) is 1.91. The smallest absolute Gasteiger partial charge is 0.275 e. The molecule has 0 aliphatic rings. The SMILES string of the molecule is CC(O)Cn1c(=O)c2cccn2c2ncccc21. The number of aromatic nitrogens is 3. The zero-order valence-electron chi connectivity index (χ0n) is 9.95. The molecule has 0 saturated heterocycles. The van der Waals surface area contributed by atoms with Crippen LogP contribution in [-0.2, 0) is 6.54 Å². The minimum absolute atomic E-state index is 0.110. The van der Waals surface area contributed by atoms with Crippen LogP contribution in [0.1, 0.15) is 6.92 Å². The number of hydrogen-bond acceptors (Lipinski definition) is 3. The standard InChI is InChI=1S/C13H13N3O2/c1-9(17)8-16-10-4-2-6-14-12(10)15-7-3-5-11(15)13(16)18/h2-7,9,17H,8H2,1H3. The first-order chi connectivity index (χ1) is 8.68. The van der Waals surface area contributed by atoms with Crippen molar-refractivity contribution in [2.45, 2.75) is 19.6 Å². The van der Waals surface area contributed by atoms with E-state index in [0.29, 0.717) is 5.52 Å². The molecule has 1 N–H and O–H groups in total. The lowest BCUT2D eigenvalue weighted by Crippen LogP contribution is -2.27. The van der Waals surface area contributed by atoms with Crippen LogP contribution in [0.25, 0.3) is 16.7 Å². The maximum atomic E-state index is 12.3. The van der Waals surface area contributed by atoms with Crippen molar-refractivity contribution in [3.05, 3.63) is 47.0 Å². The largest absolute Gasteiger partial charge is 0.392 e. The molecule has 1 unspecified atom stereocenters. The summed E-state index contributed by atoms with van der Waals surface area (Å²) >= 11 is 0. The predicted octanol–water partition coefficient (Wildman–Crippen LogP) is 1.03. The molecule has 3 aromatic rings. The minimum atomic E-state index is -0.580. The molecule has 3 heterocycles. The molecule has 0 aromatic carbocycles. The van der Waals surface area contributed by atoms with Gasteiger partial charge in [-0.15, -0.1) is 0 Å². The minimum Gasteiger partial charge on any atom is -0.392 e. The van der Waals surface area contributed by atoms with Gasteiger partial charge in [0.05, 0.1) is 18.2 Å². The summed E-state index contributed by atoms with van der Waals surface area (Å²) in [6.07, 6.45) is 2.93. The highest BCUT2D eigenvalue weighted by atomic mass is 16.3. The molecule has 5 heteroatoms. The first-order valence-corrected chi connectivity index (χ1v) is 5.81. The number of aliphatic hydroxyl groups excluding tert-OH is 1. The Morgan fingerprint density at radius 1 is 1.33 bits per heavy atom. The van der Waals surface area contributed by atoms with Crippen molar-refractivity contribution in [2.24, 2.45) is 0 Å². The van der Waals surface area contributed by atoms with Gasteiger partial charge in [-0.05, 0) is 31.2 Å². The van der Waals surface area contributed by atoms with Gasteiger partial charge >= 0.3 is 0 Å². The highest BCUT2D eigenvalue weighted by molar-refractivity contribution is 5.74. The van der Waals surface area contributed by atoms with E-state index in [1.165, 1.54) is 0 Å². The van der Waals surface area contributed by atoms with E-state index in [2.05, 4.69) is 4.98 Å². The third kappa shape index (κ3) is 1.52. The summed E-state index contributed by atoms with van der Waals surface area (Å²) in [6.45, 7) is 1.93. The predicted molar refractivity (Wildman–Crippen MR) is 68.6 cm³/mol. The Morgan fingerprint density at radius 2 is 2.11 bits per heavy atom. The number of fused-ring (bicyclic) bond motifs is 3. The molecule has 3 aromatic heterocycles. The third-order valence-electron chi connectivity index (χ3n) is 2.94. The lowest BCUT2D eigenvalue weighted by Gasteiger charge is -2.13. The van der Waals surface area contributed by atoms with Crippen molar-refractivity contribution in [1.29, 1.82) is 0 Å². The Morgan fingerprint density at radius 3 is 2.89 bits per heavy atom. The Kier molecular flexibility index (Phi) is 2.41. The number of hydrogen-bond donors (Lipinski definition) is 1. The molecule has 0 saturated carbocycles. The van der Waals surface area contributed by atoms with Crippen molar-refractivity contribution in [3.63, 3.8) is 0 Å². The fraction of sp³-hybridized carbons (Fsp3) is 0.231. The summed E-state index contributed by atoms with van der Waals surface area (Å²) in [5.74, 6) is 0. The summed E-state index contributed by atoms with van der Waals surface area (Å²) in [6, 6.07) is 7.20.